The highest BCUT2D eigenvalue weighted by molar-refractivity contribution is 6.30. The molecule has 0 radical (unpaired) electrons. The molecule has 2 rings (SSSR count). The Labute approximate surface area is 133 Å². The van der Waals surface area contributed by atoms with E-state index in [1.54, 1.807) is 12.1 Å². The summed E-state index contributed by atoms with van der Waals surface area (Å²) in [6, 6.07) is 3.30. The highest BCUT2D eigenvalue weighted by atomic mass is 35.5. The molecular weight excluding hydrogens is 308 g/mol. The van der Waals surface area contributed by atoms with Crippen LogP contribution in [0.1, 0.15) is 13.3 Å². The minimum atomic E-state index is -0.883. The van der Waals surface area contributed by atoms with Crippen LogP contribution in [-0.2, 0) is 9.59 Å². The number of aromatic nitrogens is 1. The molecule has 22 heavy (non-hydrogen) atoms. The third-order valence-electron chi connectivity index (χ3n) is 3.58. The molecule has 1 atom stereocenters. The van der Waals surface area contributed by atoms with Gasteiger partial charge >= 0.3 is 5.97 Å². The van der Waals surface area contributed by atoms with Crippen LogP contribution in [0, 0.1) is 0 Å². The number of anilines is 1. The van der Waals surface area contributed by atoms with E-state index in [2.05, 4.69) is 15.6 Å². The van der Waals surface area contributed by atoms with E-state index in [-0.39, 0.29) is 24.5 Å². The summed E-state index contributed by atoms with van der Waals surface area (Å²) in [6.07, 6.45) is 2.27. The standard InChI is InChI=1S/C14H19ClN4O3/c1-14(17-7-13(21)22)4-5-19(9-14)8-12(20)18-11-3-2-10(15)6-16-11/h2-3,6,17H,4-5,7-9H2,1H3,(H,21,22)(H,16,18,20)/t14-/m0/s1. The molecule has 1 aromatic heterocycles. The molecule has 1 fully saturated rings. The van der Waals surface area contributed by atoms with Crippen molar-refractivity contribution < 1.29 is 14.7 Å². The predicted molar refractivity (Wildman–Crippen MR) is 83.0 cm³/mol. The number of carboxylic acids is 1. The summed E-state index contributed by atoms with van der Waals surface area (Å²) in [6.45, 7) is 3.50. The molecule has 0 spiro atoms. The summed E-state index contributed by atoms with van der Waals surface area (Å²) < 4.78 is 0. The Morgan fingerprint density at radius 3 is 2.91 bits per heavy atom. The first-order valence-electron chi connectivity index (χ1n) is 6.97. The molecule has 0 unspecified atom stereocenters. The number of hydrogen-bond donors (Lipinski definition) is 3. The molecule has 1 saturated heterocycles. The smallest absolute Gasteiger partial charge is 0.317 e. The Kier molecular flexibility index (Phi) is 5.33. The number of rotatable bonds is 6. The van der Waals surface area contributed by atoms with E-state index in [0.717, 1.165) is 13.0 Å². The van der Waals surface area contributed by atoms with Gasteiger partial charge in [0.15, 0.2) is 0 Å². The van der Waals surface area contributed by atoms with Crippen LogP contribution < -0.4 is 10.6 Å². The Balaban J connectivity index is 1.80. The zero-order chi connectivity index (χ0) is 16.2. The van der Waals surface area contributed by atoms with Crippen molar-refractivity contribution in [1.82, 2.24) is 15.2 Å². The molecular formula is C14H19ClN4O3. The van der Waals surface area contributed by atoms with Gasteiger partial charge < -0.3 is 15.7 Å². The van der Waals surface area contributed by atoms with Crippen LogP contribution >= 0.6 is 11.6 Å². The normalized spacial score (nSPS) is 21.7. The molecule has 7 nitrogen and oxygen atoms in total. The number of hydrogen-bond acceptors (Lipinski definition) is 5. The van der Waals surface area contributed by atoms with Gasteiger partial charge in [-0.2, -0.15) is 0 Å². The molecule has 120 valence electrons. The van der Waals surface area contributed by atoms with Gasteiger partial charge in [-0.05, 0) is 25.5 Å². The third-order valence-corrected chi connectivity index (χ3v) is 3.80. The zero-order valence-electron chi connectivity index (χ0n) is 12.3. The van der Waals surface area contributed by atoms with E-state index in [1.807, 2.05) is 11.8 Å². The number of carbonyl (C=O) groups is 2. The van der Waals surface area contributed by atoms with Crippen LogP contribution in [0.3, 0.4) is 0 Å². The fourth-order valence-electron chi connectivity index (χ4n) is 2.46. The molecule has 0 saturated carbocycles. The van der Waals surface area contributed by atoms with E-state index >= 15 is 0 Å². The Bertz CT molecular complexity index is 552. The number of nitrogens with one attached hydrogen (secondary N) is 2. The molecule has 2 heterocycles. The summed E-state index contributed by atoms with van der Waals surface area (Å²) >= 11 is 5.74. The highest BCUT2D eigenvalue weighted by Crippen LogP contribution is 2.20. The second-order valence-corrected chi connectivity index (χ2v) is 6.11. The van der Waals surface area contributed by atoms with Crippen LogP contribution in [-0.4, -0.2) is 58.6 Å². The molecule has 8 heteroatoms. The molecule has 1 aliphatic heterocycles. The van der Waals surface area contributed by atoms with Crippen molar-refractivity contribution in [3.63, 3.8) is 0 Å². The first kappa shape index (κ1) is 16.7. The van der Waals surface area contributed by atoms with Crippen molar-refractivity contribution in [2.75, 3.05) is 31.5 Å². The first-order valence-corrected chi connectivity index (χ1v) is 7.35. The van der Waals surface area contributed by atoms with Gasteiger partial charge in [-0.1, -0.05) is 11.6 Å². The van der Waals surface area contributed by atoms with Gasteiger partial charge in [0.25, 0.3) is 0 Å². The van der Waals surface area contributed by atoms with E-state index in [0.29, 0.717) is 17.4 Å². The lowest BCUT2D eigenvalue weighted by molar-refractivity contribution is -0.136. The van der Waals surface area contributed by atoms with Crippen LogP contribution in [0.5, 0.6) is 0 Å². The largest absolute Gasteiger partial charge is 0.480 e. The fraction of sp³-hybridized carbons (Fsp3) is 0.500. The maximum Gasteiger partial charge on any atom is 0.317 e. The molecule has 3 N–H and O–H groups in total. The average molecular weight is 327 g/mol. The number of pyridine rings is 1. The highest BCUT2D eigenvalue weighted by Gasteiger charge is 2.34. The topological polar surface area (TPSA) is 94.6 Å². The molecule has 0 bridgehead atoms. The molecule has 0 aliphatic carbocycles. The number of carboxylic acid groups (broad SMARTS) is 1. The fourth-order valence-corrected chi connectivity index (χ4v) is 2.57. The molecule has 0 aromatic carbocycles. The predicted octanol–water partition coefficient (Wildman–Crippen LogP) is 0.812. The molecule has 1 aliphatic rings. The number of likely N-dealkylation sites (tertiary alicyclic amines) is 1. The van der Waals surface area contributed by atoms with E-state index in [1.165, 1.54) is 6.20 Å². The second kappa shape index (κ2) is 7.04. The number of carbonyl (C=O) groups excluding carboxylic acids is 1. The quantitative estimate of drug-likeness (QED) is 0.716. The first-order chi connectivity index (χ1) is 10.4. The van der Waals surface area contributed by atoms with Crippen LogP contribution in [0.4, 0.5) is 5.82 Å². The lowest BCUT2D eigenvalue weighted by Gasteiger charge is -2.25. The van der Waals surface area contributed by atoms with Crippen LogP contribution in [0.25, 0.3) is 0 Å². The summed E-state index contributed by atoms with van der Waals surface area (Å²) in [5.41, 5.74) is -0.281. The van der Waals surface area contributed by atoms with Gasteiger partial charge in [-0.3, -0.25) is 14.5 Å². The lowest BCUT2D eigenvalue weighted by Crippen LogP contribution is -2.47. The minimum Gasteiger partial charge on any atom is -0.480 e. The van der Waals surface area contributed by atoms with Gasteiger partial charge in [0.2, 0.25) is 5.91 Å². The van der Waals surface area contributed by atoms with Crippen molar-refractivity contribution in [1.29, 1.82) is 0 Å². The van der Waals surface area contributed by atoms with Crippen molar-refractivity contribution in [3.8, 4) is 0 Å². The number of halogens is 1. The summed E-state index contributed by atoms with van der Waals surface area (Å²) in [5.74, 6) is -0.580. The van der Waals surface area contributed by atoms with Gasteiger partial charge in [0.05, 0.1) is 18.1 Å². The van der Waals surface area contributed by atoms with Crippen LogP contribution in [0.2, 0.25) is 5.02 Å². The summed E-state index contributed by atoms with van der Waals surface area (Å²) in [7, 11) is 0. The zero-order valence-corrected chi connectivity index (χ0v) is 13.1. The monoisotopic (exact) mass is 326 g/mol. The Morgan fingerprint density at radius 2 is 2.27 bits per heavy atom. The maximum absolute atomic E-state index is 12.0. The summed E-state index contributed by atoms with van der Waals surface area (Å²) in [5, 5.41) is 15.0. The number of amides is 1. The Hall–Kier alpha value is -1.70. The second-order valence-electron chi connectivity index (χ2n) is 5.68. The van der Waals surface area contributed by atoms with Crippen molar-refractivity contribution in [2.45, 2.75) is 18.9 Å². The van der Waals surface area contributed by atoms with E-state index in [4.69, 9.17) is 16.7 Å². The van der Waals surface area contributed by atoms with Gasteiger partial charge in [0, 0.05) is 24.8 Å². The molecule has 1 amide bonds. The van der Waals surface area contributed by atoms with Gasteiger partial charge in [-0.25, -0.2) is 4.98 Å². The van der Waals surface area contributed by atoms with Gasteiger partial charge in [0.1, 0.15) is 5.82 Å². The maximum atomic E-state index is 12.0. The van der Waals surface area contributed by atoms with E-state index < -0.39 is 5.97 Å². The lowest BCUT2D eigenvalue weighted by atomic mass is 10.0. The van der Waals surface area contributed by atoms with Crippen molar-refractivity contribution in [2.24, 2.45) is 0 Å². The Morgan fingerprint density at radius 1 is 1.50 bits per heavy atom. The van der Waals surface area contributed by atoms with E-state index in [9.17, 15) is 9.59 Å². The molecule has 1 aromatic rings. The van der Waals surface area contributed by atoms with Gasteiger partial charge in [-0.15, -0.1) is 0 Å². The van der Waals surface area contributed by atoms with Crippen molar-refractivity contribution >= 4 is 29.3 Å². The average Bonchev–Trinajstić information content (AvgIpc) is 2.81. The van der Waals surface area contributed by atoms with Crippen LogP contribution in [0.15, 0.2) is 18.3 Å². The SMILES string of the molecule is C[C@]1(NCC(=O)O)CCN(CC(=O)Nc2ccc(Cl)cn2)C1. The van der Waals surface area contributed by atoms with Crippen molar-refractivity contribution in [3.05, 3.63) is 23.4 Å². The number of nitrogens with zero attached hydrogens (tertiary/aromatic N) is 2. The third kappa shape index (κ3) is 4.94. The summed E-state index contributed by atoms with van der Waals surface area (Å²) in [4.78, 5) is 28.6. The number of aliphatic carboxylic acids is 1. The minimum absolute atomic E-state index is 0.0781.